The van der Waals surface area contributed by atoms with Crippen molar-refractivity contribution in [2.75, 3.05) is 12.9 Å². The molecule has 0 N–H and O–H groups in total. The van der Waals surface area contributed by atoms with E-state index in [2.05, 4.69) is 34.6 Å². The van der Waals surface area contributed by atoms with Crippen LogP contribution >= 0.6 is 0 Å². The number of rotatable bonds is 16. The van der Waals surface area contributed by atoms with Crippen molar-refractivity contribution in [3.8, 4) is 0 Å². The van der Waals surface area contributed by atoms with Gasteiger partial charge in [0.2, 0.25) is 0 Å². The third kappa shape index (κ3) is 18.5. The Balaban J connectivity index is 3.58. The fraction of sp³-hybridized carbons (Fsp3) is 1.00. The molecular weight excluding hydrogens is 332 g/mol. The van der Waals surface area contributed by atoms with Crippen LogP contribution in [0.25, 0.3) is 0 Å². The highest BCUT2D eigenvalue weighted by molar-refractivity contribution is 7.85. The zero-order chi connectivity index (χ0) is 19.3. The minimum atomic E-state index is -3.28. The first kappa shape index (κ1) is 24.9. The van der Waals surface area contributed by atoms with E-state index in [4.69, 9.17) is 4.18 Å². The highest BCUT2D eigenvalue weighted by Crippen LogP contribution is 2.22. The highest BCUT2D eigenvalue weighted by atomic mass is 32.2. The lowest BCUT2D eigenvalue weighted by Crippen LogP contribution is -2.08. The number of hydrogen-bond donors (Lipinski definition) is 0. The van der Waals surface area contributed by atoms with Crippen molar-refractivity contribution in [2.24, 2.45) is 23.7 Å². The molecule has 0 aromatic heterocycles. The standard InChI is InChI=1S/C21H44O3S/c1-18(2)10-7-11-19(3)12-8-13-20(4)14-9-15-21(5)16-17-24-25(6,22)23/h18-21H,7-17H2,1-6H3/t19-,20-,21-/m1/s1. The molecule has 0 heterocycles. The molecule has 0 unspecified atom stereocenters. The molecule has 0 aliphatic rings. The maximum absolute atomic E-state index is 10.9. The van der Waals surface area contributed by atoms with Gasteiger partial charge in [-0.2, -0.15) is 8.42 Å². The van der Waals surface area contributed by atoms with Crippen LogP contribution in [0.1, 0.15) is 98.8 Å². The Labute approximate surface area is 158 Å². The van der Waals surface area contributed by atoms with Crippen LogP contribution in [0.5, 0.6) is 0 Å². The second-order valence-corrected chi connectivity index (χ2v) is 10.5. The van der Waals surface area contributed by atoms with Gasteiger partial charge in [-0.1, -0.05) is 92.4 Å². The van der Waals surface area contributed by atoms with E-state index < -0.39 is 10.1 Å². The van der Waals surface area contributed by atoms with Crippen molar-refractivity contribution >= 4 is 10.1 Å². The molecule has 0 aliphatic heterocycles. The lowest BCUT2D eigenvalue weighted by molar-refractivity contribution is 0.280. The van der Waals surface area contributed by atoms with Crippen molar-refractivity contribution in [3.05, 3.63) is 0 Å². The molecule has 0 saturated heterocycles. The van der Waals surface area contributed by atoms with Crippen LogP contribution in [0.4, 0.5) is 0 Å². The van der Waals surface area contributed by atoms with Gasteiger partial charge in [0.1, 0.15) is 0 Å². The highest BCUT2D eigenvalue weighted by Gasteiger charge is 2.09. The molecule has 0 fully saturated rings. The smallest absolute Gasteiger partial charge is 0.264 e. The van der Waals surface area contributed by atoms with Gasteiger partial charge in [-0.3, -0.25) is 4.18 Å². The molecule has 152 valence electrons. The molecule has 3 nitrogen and oxygen atoms in total. The molecule has 0 radical (unpaired) electrons. The Kier molecular flexibility index (Phi) is 14.0. The van der Waals surface area contributed by atoms with Gasteiger partial charge in [0.25, 0.3) is 10.1 Å². The summed E-state index contributed by atoms with van der Waals surface area (Å²) in [6, 6.07) is 0. The summed E-state index contributed by atoms with van der Waals surface area (Å²) in [5, 5.41) is 0. The molecule has 4 heteroatoms. The monoisotopic (exact) mass is 376 g/mol. The summed E-state index contributed by atoms with van der Waals surface area (Å²) < 4.78 is 26.7. The SMILES string of the molecule is CC(C)CCC[C@@H](C)CCC[C@@H](C)CCC[C@@H](C)CCOS(C)(=O)=O. The van der Waals surface area contributed by atoms with Crippen LogP contribution in [0, 0.1) is 23.7 Å². The first-order valence-corrected chi connectivity index (χ1v) is 12.3. The quantitative estimate of drug-likeness (QED) is 0.292. The summed E-state index contributed by atoms with van der Waals surface area (Å²) in [4.78, 5) is 0. The van der Waals surface area contributed by atoms with Crippen LogP contribution < -0.4 is 0 Å². The van der Waals surface area contributed by atoms with E-state index in [0.717, 1.165) is 30.4 Å². The van der Waals surface area contributed by atoms with Gasteiger partial charge in [-0.05, 0) is 30.1 Å². The molecule has 0 bridgehead atoms. The van der Waals surface area contributed by atoms with Crippen LogP contribution in [0.15, 0.2) is 0 Å². The van der Waals surface area contributed by atoms with Crippen LogP contribution in [0.2, 0.25) is 0 Å². The lowest BCUT2D eigenvalue weighted by Gasteiger charge is -2.16. The summed E-state index contributed by atoms with van der Waals surface area (Å²) in [6.07, 6.45) is 13.9. The Bertz CT molecular complexity index is 403. The normalized spacial score (nSPS) is 16.1. The molecule has 0 aliphatic carbocycles. The van der Waals surface area contributed by atoms with Crippen LogP contribution in [-0.2, 0) is 14.3 Å². The van der Waals surface area contributed by atoms with Crippen molar-refractivity contribution in [3.63, 3.8) is 0 Å². The molecule has 0 rings (SSSR count). The minimum Gasteiger partial charge on any atom is -0.270 e. The third-order valence-corrected chi connectivity index (χ3v) is 5.77. The van der Waals surface area contributed by atoms with Gasteiger partial charge in [0.15, 0.2) is 0 Å². The van der Waals surface area contributed by atoms with Crippen molar-refractivity contribution in [2.45, 2.75) is 98.8 Å². The van der Waals surface area contributed by atoms with Crippen molar-refractivity contribution in [1.29, 1.82) is 0 Å². The predicted molar refractivity (Wildman–Crippen MR) is 109 cm³/mol. The summed E-state index contributed by atoms with van der Waals surface area (Å²) in [6.45, 7) is 11.9. The third-order valence-electron chi connectivity index (χ3n) is 5.17. The van der Waals surface area contributed by atoms with E-state index in [9.17, 15) is 8.42 Å². The summed E-state index contributed by atoms with van der Waals surface area (Å²) >= 11 is 0. The topological polar surface area (TPSA) is 43.4 Å². The minimum absolute atomic E-state index is 0.324. The van der Waals surface area contributed by atoms with Gasteiger partial charge in [0.05, 0.1) is 12.9 Å². The van der Waals surface area contributed by atoms with Gasteiger partial charge >= 0.3 is 0 Å². The summed E-state index contributed by atoms with van der Waals surface area (Å²) in [7, 11) is -3.28. The second kappa shape index (κ2) is 14.0. The molecule has 3 atom stereocenters. The maximum atomic E-state index is 10.9. The summed E-state index contributed by atoms with van der Waals surface area (Å²) in [5.41, 5.74) is 0. The van der Waals surface area contributed by atoms with Crippen molar-refractivity contribution < 1.29 is 12.6 Å². The van der Waals surface area contributed by atoms with E-state index in [-0.39, 0.29) is 0 Å². The summed E-state index contributed by atoms with van der Waals surface area (Å²) in [5.74, 6) is 3.06. The maximum Gasteiger partial charge on any atom is 0.264 e. The molecule has 0 aromatic carbocycles. The molecule has 0 aromatic rings. The van der Waals surface area contributed by atoms with Crippen LogP contribution in [-0.4, -0.2) is 21.3 Å². The fourth-order valence-electron chi connectivity index (χ4n) is 3.34. The van der Waals surface area contributed by atoms with E-state index in [1.54, 1.807) is 0 Å². The van der Waals surface area contributed by atoms with Gasteiger partial charge < -0.3 is 0 Å². The van der Waals surface area contributed by atoms with Gasteiger partial charge in [-0.15, -0.1) is 0 Å². The Hall–Kier alpha value is -0.0900. The average Bonchev–Trinajstić information content (AvgIpc) is 2.45. The zero-order valence-corrected chi connectivity index (χ0v) is 18.5. The largest absolute Gasteiger partial charge is 0.270 e. The van der Waals surface area contributed by atoms with Gasteiger partial charge in [-0.25, -0.2) is 0 Å². The number of hydrogen-bond acceptors (Lipinski definition) is 3. The molecular formula is C21H44O3S. The van der Waals surface area contributed by atoms with Crippen LogP contribution in [0.3, 0.4) is 0 Å². The Morgan fingerprint density at radius 2 is 1.00 bits per heavy atom. The Morgan fingerprint density at radius 3 is 1.36 bits per heavy atom. The molecule has 25 heavy (non-hydrogen) atoms. The molecule has 0 saturated carbocycles. The first-order chi connectivity index (χ1) is 11.6. The predicted octanol–water partition coefficient (Wildman–Crippen LogP) is 6.43. The molecule has 0 spiro atoms. The van der Waals surface area contributed by atoms with Crippen molar-refractivity contribution in [1.82, 2.24) is 0 Å². The second-order valence-electron chi connectivity index (χ2n) is 8.82. The van der Waals surface area contributed by atoms with Gasteiger partial charge in [0, 0.05) is 0 Å². The van der Waals surface area contributed by atoms with E-state index in [0.29, 0.717) is 12.5 Å². The zero-order valence-electron chi connectivity index (χ0n) is 17.7. The molecule has 0 amide bonds. The average molecular weight is 377 g/mol. The van der Waals surface area contributed by atoms with E-state index in [1.807, 2.05) is 0 Å². The van der Waals surface area contributed by atoms with E-state index in [1.165, 1.54) is 57.8 Å². The van der Waals surface area contributed by atoms with E-state index >= 15 is 0 Å². The fourth-order valence-corrected chi connectivity index (χ4v) is 3.74. The lowest BCUT2D eigenvalue weighted by atomic mass is 9.91. The first-order valence-electron chi connectivity index (χ1n) is 10.4. The Morgan fingerprint density at radius 1 is 0.640 bits per heavy atom.